The number of methoxy groups -OCH3 is 1. The van der Waals surface area contributed by atoms with Gasteiger partial charge in [0.15, 0.2) is 0 Å². The van der Waals surface area contributed by atoms with Gasteiger partial charge in [0, 0.05) is 25.6 Å². The number of amides is 1. The quantitative estimate of drug-likeness (QED) is 0.851. The summed E-state index contributed by atoms with van der Waals surface area (Å²) in [4.78, 5) is 17.6. The number of fused-ring (bicyclic) bond motifs is 2. The molecule has 4 heteroatoms. The van der Waals surface area contributed by atoms with E-state index in [0.29, 0.717) is 36.9 Å². The largest absolute Gasteiger partial charge is 0.384 e. The van der Waals surface area contributed by atoms with E-state index in [1.807, 2.05) is 0 Å². The molecule has 5 rings (SSSR count). The van der Waals surface area contributed by atoms with Crippen molar-refractivity contribution in [3.8, 4) is 0 Å². The van der Waals surface area contributed by atoms with Crippen molar-refractivity contribution >= 4 is 5.91 Å². The first-order valence-corrected chi connectivity index (χ1v) is 9.28. The van der Waals surface area contributed by atoms with Gasteiger partial charge in [-0.05, 0) is 44.3 Å². The molecule has 0 N–H and O–H groups in total. The number of piperidine rings is 3. The van der Waals surface area contributed by atoms with Crippen molar-refractivity contribution in [1.82, 2.24) is 9.80 Å². The normalized spacial score (nSPS) is 34.4. The molecule has 1 aromatic carbocycles. The van der Waals surface area contributed by atoms with E-state index < -0.39 is 0 Å². The van der Waals surface area contributed by atoms with Crippen LogP contribution in [0.5, 0.6) is 0 Å². The number of carbonyl (C=O) groups excluding carboxylic acids is 1. The monoisotopic (exact) mass is 328 g/mol. The van der Waals surface area contributed by atoms with Crippen LogP contribution in [0.3, 0.4) is 0 Å². The summed E-state index contributed by atoms with van der Waals surface area (Å²) in [6.45, 7) is 5.93. The Morgan fingerprint density at radius 1 is 1.17 bits per heavy atom. The predicted octanol–water partition coefficient (Wildman–Crippen LogP) is 2.42. The molecular formula is C20H28N2O2. The highest BCUT2D eigenvalue weighted by Gasteiger charge is 2.54. The molecule has 4 fully saturated rings. The van der Waals surface area contributed by atoms with Crippen molar-refractivity contribution in [2.45, 2.75) is 44.2 Å². The summed E-state index contributed by atoms with van der Waals surface area (Å²) in [5, 5.41) is 0. The summed E-state index contributed by atoms with van der Waals surface area (Å²) in [6.07, 6.45) is 3.00. The molecule has 4 nitrogen and oxygen atoms in total. The number of hydrogen-bond donors (Lipinski definition) is 0. The molecular weight excluding hydrogens is 300 g/mol. The molecule has 1 amide bonds. The lowest BCUT2D eigenvalue weighted by Gasteiger charge is -2.51. The second-order valence-electron chi connectivity index (χ2n) is 7.66. The van der Waals surface area contributed by atoms with Crippen LogP contribution in [0.25, 0.3) is 0 Å². The molecule has 4 heterocycles. The number of aryl methyl sites for hydroxylation is 1. The van der Waals surface area contributed by atoms with Crippen LogP contribution >= 0.6 is 0 Å². The van der Waals surface area contributed by atoms with Crippen molar-refractivity contribution in [2.24, 2.45) is 5.92 Å². The Hall–Kier alpha value is -1.39. The van der Waals surface area contributed by atoms with Crippen LogP contribution in [-0.2, 0) is 9.53 Å². The Morgan fingerprint density at radius 3 is 2.54 bits per heavy atom. The van der Waals surface area contributed by atoms with E-state index in [2.05, 4.69) is 41.0 Å². The standard InChI is InChI=1S/C20H28N2O2/c1-14-3-5-15(6-4-14)17-13-22(18(23)9-12-24-2)19-16-7-10-21(11-8-16)20(17)19/h3-6,16-17,19-20H,7-13H2,1-2H3/t17-,19+,20+/m0/s1. The lowest BCUT2D eigenvalue weighted by atomic mass is 9.75. The highest BCUT2D eigenvalue weighted by Crippen LogP contribution is 2.46. The van der Waals surface area contributed by atoms with E-state index in [9.17, 15) is 4.79 Å². The number of hydrogen-bond acceptors (Lipinski definition) is 3. The highest BCUT2D eigenvalue weighted by molar-refractivity contribution is 5.77. The zero-order valence-electron chi connectivity index (χ0n) is 14.8. The molecule has 2 bridgehead atoms. The van der Waals surface area contributed by atoms with Crippen LogP contribution in [0.1, 0.15) is 36.3 Å². The van der Waals surface area contributed by atoms with Crippen molar-refractivity contribution in [2.75, 3.05) is 33.4 Å². The van der Waals surface area contributed by atoms with Crippen molar-refractivity contribution in [3.63, 3.8) is 0 Å². The second-order valence-corrected chi connectivity index (χ2v) is 7.66. The number of rotatable bonds is 4. The zero-order valence-corrected chi connectivity index (χ0v) is 14.8. The maximum atomic E-state index is 12.8. The van der Waals surface area contributed by atoms with Crippen molar-refractivity contribution < 1.29 is 9.53 Å². The van der Waals surface area contributed by atoms with Crippen molar-refractivity contribution in [1.29, 1.82) is 0 Å². The fraction of sp³-hybridized carbons (Fsp3) is 0.650. The van der Waals surface area contributed by atoms with Gasteiger partial charge in [0.05, 0.1) is 19.1 Å². The van der Waals surface area contributed by atoms with Crippen LogP contribution in [-0.4, -0.2) is 61.1 Å². The molecule has 130 valence electrons. The maximum Gasteiger partial charge on any atom is 0.225 e. The molecule has 0 unspecified atom stereocenters. The summed E-state index contributed by atoms with van der Waals surface area (Å²) in [5.41, 5.74) is 2.69. The minimum atomic E-state index is 0.273. The number of likely N-dealkylation sites (tertiary alicyclic amines) is 1. The fourth-order valence-electron chi connectivity index (χ4n) is 5.14. The van der Waals surface area contributed by atoms with Crippen LogP contribution in [0.2, 0.25) is 0 Å². The summed E-state index contributed by atoms with van der Waals surface area (Å²) < 4.78 is 5.14. The number of nitrogens with zero attached hydrogens (tertiary/aromatic N) is 2. The van der Waals surface area contributed by atoms with Gasteiger partial charge >= 0.3 is 0 Å². The molecule has 4 aliphatic rings. The maximum absolute atomic E-state index is 12.8. The fourth-order valence-corrected chi connectivity index (χ4v) is 5.14. The molecule has 0 spiro atoms. The number of benzene rings is 1. The molecule has 0 aliphatic carbocycles. The smallest absolute Gasteiger partial charge is 0.225 e. The Kier molecular flexibility index (Phi) is 4.35. The van der Waals surface area contributed by atoms with Gasteiger partial charge in [-0.3, -0.25) is 9.69 Å². The molecule has 0 aromatic heterocycles. The van der Waals surface area contributed by atoms with Gasteiger partial charge in [-0.25, -0.2) is 0 Å². The van der Waals surface area contributed by atoms with Crippen molar-refractivity contribution in [3.05, 3.63) is 35.4 Å². The molecule has 0 saturated carbocycles. The SMILES string of the molecule is COCCC(=O)N1C[C@@H](c2ccc(C)cc2)[C@@H]2[C@H]1C1CCN2CC1. The number of ether oxygens (including phenoxy) is 1. The third-order valence-corrected chi connectivity index (χ3v) is 6.34. The lowest BCUT2D eigenvalue weighted by molar-refractivity contribution is -0.136. The van der Waals surface area contributed by atoms with Crippen LogP contribution in [0.4, 0.5) is 0 Å². The molecule has 24 heavy (non-hydrogen) atoms. The van der Waals surface area contributed by atoms with Gasteiger partial charge in [-0.15, -0.1) is 0 Å². The molecule has 4 saturated heterocycles. The molecule has 1 aromatic rings. The lowest BCUT2D eigenvalue weighted by Crippen LogP contribution is -2.60. The molecule has 4 aliphatic heterocycles. The number of carbonyl (C=O) groups is 1. The first kappa shape index (κ1) is 16.1. The Labute approximate surface area is 144 Å². The third kappa shape index (κ3) is 2.66. The summed E-state index contributed by atoms with van der Waals surface area (Å²) >= 11 is 0. The van der Waals surface area contributed by atoms with Gasteiger partial charge in [-0.1, -0.05) is 29.8 Å². The molecule has 3 atom stereocenters. The van der Waals surface area contributed by atoms with E-state index in [1.54, 1.807) is 7.11 Å². The first-order valence-electron chi connectivity index (χ1n) is 9.28. The Morgan fingerprint density at radius 2 is 1.88 bits per heavy atom. The van der Waals surface area contributed by atoms with Gasteiger partial charge in [0.1, 0.15) is 0 Å². The topological polar surface area (TPSA) is 32.8 Å². The van der Waals surface area contributed by atoms with E-state index in [4.69, 9.17) is 4.74 Å². The zero-order chi connectivity index (χ0) is 16.7. The summed E-state index contributed by atoms with van der Waals surface area (Å²) in [7, 11) is 1.67. The Balaban J connectivity index is 1.63. The van der Waals surface area contributed by atoms with E-state index in [-0.39, 0.29) is 5.91 Å². The van der Waals surface area contributed by atoms with Crippen LogP contribution in [0, 0.1) is 12.8 Å². The van der Waals surface area contributed by atoms with E-state index >= 15 is 0 Å². The minimum Gasteiger partial charge on any atom is -0.384 e. The summed E-state index contributed by atoms with van der Waals surface area (Å²) in [5.74, 6) is 1.40. The summed E-state index contributed by atoms with van der Waals surface area (Å²) in [6, 6.07) is 9.86. The van der Waals surface area contributed by atoms with Gasteiger partial charge in [-0.2, -0.15) is 0 Å². The molecule has 0 radical (unpaired) electrons. The van der Waals surface area contributed by atoms with Crippen LogP contribution < -0.4 is 0 Å². The first-order chi connectivity index (χ1) is 11.7. The highest BCUT2D eigenvalue weighted by atomic mass is 16.5. The Bertz CT molecular complexity index is 592. The second kappa shape index (κ2) is 6.49. The van der Waals surface area contributed by atoms with Crippen LogP contribution in [0.15, 0.2) is 24.3 Å². The minimum absolute atomic E-state index is 0.273. The average Bonchev–Trinajstić information content (AvgIpc) is 3.04. The van der Waals surface area contributed by atoms with E-state index in [1.165, 1.54) is 37.1 Å². The van der Waals surface area contributed by atoms with Gasteiger partial charge in [0.2, 0.25) is 5.91 Å². The van der Waals surface area contributed by atoms with E-state index in [0.717, 1.165) is 6.54 Å². The van der Waals surface area contributed by atoms with Gasteiger partial charge < -0.3 is 9.64 Å². The average molecular weight is 328 g/mol. The van der Waals surface area contributed by atoms with Gasteiger partial charge in [0.25, 0.3) is 0 Å². The third-order valence-electron chi connectivity index (χ3n) is 6.34. The predicted molar refractivity (Wildman–Crippen MR) is 94.0 cm³/mol.